The summed E-state index contributed by atoms with van der Waals surface area (Å²) >= 11 is 0. The number of aryl methyl sites for hydroxylation is 2. The van der Waals surface area contributed by atoms with Crippen LogP contribution in [0.1, 0.15) is 18.1 Å². The summed E-state index contributed by atoms with van der Waals surface area (Å²) in [4.78, 5) is 8.04. The number of nitrogens with zero attached hydrogens (tertiary/aromatic N) is 1. The van der Waals surface area contributed by atoms with Crippen LogP contribution in [0.5, 0.6) is 0 Å². The first-order valence-electron chi connectivity index (χ1n) is 6.52. The first-order chi connectivity index (χ1) is 9.17. The van der Waals surface area contributed by atoms with Crippen LogP contribution < -0.4 is 5.73 Å². The Balaban J connectivity index is 2.17. The number of aromatic nitrogens is 2. The number of nitrogens with two attached hydrogens (primary N) is 1. The van der Waals surface area contributed by atoms with Gasteiger partial charge < -0.3 is 10.7 Å². The molecular formula is C16H17N3. The summed E-state index contributed by atoms with van der Waals surface area (Å²) in [6.45, 7) is 4.22. The molecule has 3 aromatic rings. The van der Waals surface area contributed by atoms with Crippen LogP contribution >= 0.6 is 0 Å². The fourth-order valence-electron chi connectivity index (χ4n) is 2.30. The van der Waals surface area contributed by atoms with Crippen molar-refractivity contribution >= 4 is 16.7 Å². The summed E-state index contributed by atoms with van der Waals surface area (Å²) in [5, 5.41) is 0. The normalized spacial score (nSPS) is 11.1. The van der Waals surface area contributed by atoms with E-state index in [2.05, 4.69) is 42.0 Å². The third-order valence-electron chi connectivity index (χ3n) is 3.47. The molecule has 0 bridgehead atoms. The SMILES string of the molecule is CCc1ccc2nc(-c3cc(N)ccc3C)[nH]c2c1. The van der Waals surface area contributed by atoms with Crippen LogP contribution in [0.2, 0.25) is 0 Å². The van der Waals surface area contributed by atoms with Crippen LogP contribution in [0, 0.1) is 6.92 Å². The topological polar surface area (TPSA) is 54.7 Å². The standard InChI is InChI=1S/C16H17N3/c1-3-11-5-7-14-15(8-11)19-16(18-14)13-9-12(17)6-4-10(13)2/h4-9H,3,17H2,1-2H3,(H,18,19). The maximum absolute atomic E-state index is 5.86. The van der Waals surface area contributed by atoms with Gasteiger partial charge in [0.25, 0.3) is 0 Å². The molecule has 96 valence electrons. The van der Waals surface area contributed by atoms with Gasteiger partial charge in [0.05, 0.1) is 11.0 Å². The third kappa shape index (κ3) is 2.08. The molecule has 0 amide bonds. The van der Waals surface area contributed by atoms with Gasteiger partial charge in [-0.2, -0.15) is 0 Å². The highest BCUT2D eigenvalue weighted by molar-refractivity contribution is 5.81. The van der Waals surface area contributed by atoms with E-state index in [1.165, 1.54) is 11.1 Å². The first kappa shape index (κ1) is 11.8. The van der Waals surface area contributed by atoms with Crippen molar-refractivity contribution in [3.63, 3.8) is 0 Å². The fourth-order valence-corrected chi connectivity index (χ4v) is 2.30. The fraction of sp³-hybridized carbons (Fsp3) is 0.188. The van der Waals surface area contributed by atoms with Crippen LogP contribution in [0.15, 0.2) is 36.4 Å². The largest absolute Gasteiger partial charge is 0.399 e. The lowest BCUT2D eigenvalue weighted by atomic mass is 10.1. The van der Waals surface area contributed by atoms with E-state index in [0.29, 0.717) is 0 Å². The number of aromatic amines is 1. The summed E-state index contributed by atoms with van der Waals surface area (Å²) in [5.41, 5.74) is 12.2. The van der Waals surface area contributed by atoms with Crippen LogP contribution in [0.25, 0.3) is 22.4 Å². The first-order valence-corrected chi connectivity index (χ1v) is 6.52. The van der Waals surface area contributed by atoms with Gasteiger partial charge in [0.2, 0.25) is 0 Å². The Morgan fingerprint density at radius 1 is 1.16 bits per heavy atom. The zero-order chi connectivity index (χ0) is 13.4. The minimum atomic E-state index is 0.760. The second-order valence-electron chi connectivity index (χ2n) is 4.86. The highest BCUT2D eigenvalue weighted by Gasteiger charge is 2.08. The average molecular weight is 251 g/mol. The highest BCUT2D eigenvalue weighted by atomic mass is 14.9. The van der Waals surface area contributed by atoms with Gasteiger partial charge >= 0.3 is 0 Å². The van der Waals surface area contributed by atoms with Crippen molar-refractivity contribution < 1.29 is 0 Å². The quantitative estimate of drug-likeness (QED) is 0.682. The molecule has 0 aliphatic carbocycles. The molecule has 0 aliphatic heterocycles. The van der Waals surface area contributed by atoms with Crippen molar-refractivity contribution in [1.29, 1.82) is 0 Å². The molecule has 2 aromatic carbocycles. The summed E-state index contributed by atoms with van der Waals surface area (Å²) in [6, 6.07) is 12.3. The van der Waals surface area contributed by atoms with E-state index in [4.69, 9.17) is 5.73 Å². The maximum atomic E-state index is 5.86. The molecule has 0 saturated heterocycles. The smallest absolute Gasteiger partial charge is 0.138 e. The third-order valence-corrected chi connectivity index (χ3v) is 3.47. The lowest BCUT2D eigenvalue weighted by molar-refractivity contribution is 1.14. The Labute approximate surface area is 112 Å². The Bertz CT molecular complexity index is 741. The molecule has 3 rings (SSSR count). The van der Waals surface area contributed by atoms with Gasteiger partial charge in [-0.05, 0) is 48.7 Å². The number of rotatable bonds is 2. The zero-order valence-corrected chi connectivity index (χ0v) is 11.2. The Morgan fingerprint density at radius 3 is 2.79 bits per heavy atom. The number of nitrogen functional groups attached to an aromatic ring is 1. The Morgan fingerprint density at radius 2 is 2.00 bits per heavy atom. The molecule has 1 heterocycles. The number of hydrogen-bond acceptors (Lipinski definition) is 2. The predicted molar refractivity (Wildman–Crippen MR) is 80.1 cm³/mol. The number of H-pyrrole nitrogens is 1. The summed E-state index contributed by atoms with van der Waals surface area (Å²) in [5.74, 6) is 0.882. The van der Waals surface area contributed by atoms with Gasteiger partial charge in [-0.1, -0.05) is 19.1 Å². The average Bonchev–Trinajstić information content (AvgIpc) is 2.83. The molecule has 1 aromatic heterocycles. The molecule has 0 atom stereocenters. The highest BCUT2D eigenvalue weighted by Crippen LogP contribution is 2.26. The molecule has 0 radical (unpaired) electrons. The number of benzene rings is 2. The monoisotopic (exact) mass is 251 g/mol. The summed E-state index contributed by atoms with van der Waals surface area (Å²) < 4.78 is 0. The van der Waals surface area contributed by atoms with Crippen molar-refractivity contribution in [3.05, 3.63) is 47.5 Å². The van der Waals surface area contributed by atoms with E-state index < -0.39 is 0 Å². The summed E-state index contributed by atoms with van der Waals surface area (Å²) in [7, 11) is 0. The molecule has 0 saturated carbocycles. The molecule has 0 fully saturated rings. The van der Waals surface area contributed by atoms with Crippen LogP contribution in [-0.4, -0.2) is 9.97 Å². The second-order valence-corrected chi connectivity index (χ2v) is 4.86. The number of imidazole rings is 1. The van der Waals surface area contributed by atoms with E-state index >= 15 is 0 Å². The molecule has 3 N–H and O–H groups in total. The lowest BCUT2D eigenvalue weighted by Gasteiger charge is -2.03. The minimum absolute atomic E-state index is 0.760. The van der Waals surface area contributed by atoms with Crippen molar-refractivity contribution in [2.75, 3.05) is 5.73 Å². The van der Waals surface area contributed by atoms with Gasteiger partial charge in [0.1, 0.15) is 5.82 Å². The minimum Gasteiger partial charge on any atom is -0.399 e. The second kappa shape index (κ2) is 4.43. The van der Waals surface area contributed by atoms with Crippen molar-refractivity contribution in [2.24, 2.45) is 0 Å². The molecule has 3 nitrogen and oxygen atoms in total. The van der Waals surface area contributed by atoms with Crippen LogP contribution in [0.4, 0.5) is 5.69 Å². The van der Waals surface area contributed by atoms with E-state index in [1.54, 1.807) is 0 Å². The van der Waals surface area contributed by atoms with E-state index in [0.717, 1.165) is 34.5 Å². The Hall–Kier alpha value is -2.29. The Kier molecular flexibility index (Phi) is 2.75. The van der Waals surface area contributed by atoms with Crippen molar-refractivity contribution in [2.45, 2.75) is 20.3 Å². The molecule has 19 heavy (non-hydrogen) atoms. The number of nitrogens with one attached hydrogen (secondary N) is 1. The lowest BCUT2D eigenvalue weighted by Crippen LogP contribution is -1.90. The predicted octanol–water partition coefficient (Wildman–Crippen LogP) is 3.68. The van der Waals surface area contributed by atoms with Gasteiger partial charge in [-0.3, -0.25) is 0 Å². The number of anilines is 1. The molecule has 0 aliphatic rings. The van der Waals surface area contributed by atoms with Crippen LogP contribution in [-0.2, 0) is 6.42 Å². The molecule has 0 spiro atoms. The molecular weight excluding hydrogens is 234 g/mol. The van der Waals surface area contributed by atoms with Crippen molar-refractivity contribution in [3.8, 4) is 11.4 Å². The van der Waals surface area contributed by atoms with Gasteiger partial charge in [-0.15, -0.1) is 0 Å². The summed E-state index contributed by atoms with van der Waals surface area (Å²) in [6.07, 6.45) is 1.03. The molecule has 0 unspecified atom stereocenters. The van der Waals surface area contributed by atoms with Gasteiger partial charge in [0.15, 0.2) is 0 Å². The maximum Gasteiger partial charge on any atom is 0.138 e. The zero-order valence-electron chi connectivity index (χ0n) is 11.2. The van der Waals surface area contributed by atoms with E-state index in [9.17, 15) is 0 Å². The van der Waals surface area contributed by atoms with Gasteiger partial charge in [-0.25, -0.2) is 4.98 Å². The number of fused-ring (bicyclic) bond motifs is 1. The molecule has 3 heteroatoms. The van der Waals surface area contributed by atoms with E-state index in [1.807, 2.05) is 18.2 Å². The van der Waals surface area contributed by atoms with Crippen molar-refractivity contribution in [1.82, 2.24) is 9.97 Å². The van der Waals surface area contributed by atoms with Gasteiger partial charge in [0, 0.05) is 11.3 Å². The van der Waals surface area contributed by atoms with E-state index in [-0.39, 0.29) is 0 Å². The van der Waals surface area contributed by atoms with Crippen LogP contribution in [0.3, 0.4) is 0 Å². The number of hydrogen-bond donors (Lipinski definition) is 2.